The van der Waals surface area contributed by atoms with E-state index in [0.717, 1.165) is 12.2 Å². The summed E-state index contributed by atoms with van der Waals surface area (Å²) in [6.45, 7) is 0. The van der Waals surface area contributed by atoms with E-state index in [1.165, 1.54) is 12.2 Å². The van der Waals surface area contributed by atoms with E-state index in [0.29, 0.717) is 5.69 Å². The number of hydrogen-bond acceptors (Lipinski definition) is 4. The number of nitrogens with zero attached hydrogens (tertiary/aromatic N) is 1. The van der Waals surface area contributed by atoms with Crippen molar-refractivity contribution in [2.24, 2.45) is 5.92 Å². The molecular formula is C13H12N2O4. The molecule has 1 aromatic rings. The van der Waals surface area contributed by atoms with Crippen LogP contribution < -0.4 is 5.32 Å². The lowest BCUT2D eigenvalue weighted by Crippen LogP contribution is -2.36. The van der Waals surface area contributed by atoms with Crippen molar-refractivity contribution in [1.29, 1.82) is 0 Å². The minimum absolute atomic E-state index is 0.316. The number of nitro groups is 1. The molecule has 0 radical (unpaired) electrons. The molecule has 1 amide bonds. The van der Waals surface area contributed by atoms with Gasteiger partial charge in [-0.3, -0.25) is 14.9 Å². The highest BCUT2D eigenvalue weighted by molar-refractivity contribution is 5.95. The van der Waals surface area contributed by atoms with E-state index in [4.69, 9.17) is 0 Å². The summed E-state index contributed by atoms with van der Waals surface area (Å²) in [6, 6.07) is 8.87. The number of amides is 1. The highest BCUT2D eigenvalue weighted by Crippen LogP contribution is 2.20. The molecule has 6 heteroatoms. The molecule has 1 aliphatic carbocycles. The van der Waals surface area contributed by atoms with Crippen molar-refractivity contribution in [3.8, 4) is 0 Å². The van der Waals surface area contributed by atoms with Crippen molar-refractivity contribution in [2.45, 2.75) is 5.72 Å². The number of aliphatic hydroxyl groups is 1. The Bertz CT molecular complexity index is 537. The highest BCUT2D eigenvalue weighted by atomic mass is 16.7. The van der Waals surface area contributed by atoms with Crippen molar-refractivity contribution in [1.82, 2.24) is 0 Å². The Kier molecular flexibility index (Phi) is 3.43. The Morgan fingerprint density at radius 3 is 2.37 bits per heavy atom. The third kappa shape index (κ3) is 2.86. The molecule has 98 valence electrons. The summed E-state index contributed by atoms with van der Waals surface area (Å²) in [4.78, 5) is 21.7. The summed E-state index contributed by atoms with van der Waals surface area (Å²) in [5.74, 6) is -0.954. The number of para-hydroxylation sites is 1. The van der Waals surface area contributed by atoms with Gasteiger partial charge in [0.1, 0.15) is 0 Å². The van der Waals surface area contributed by atoms with E-state index in [1.807, 2.05) is 6.07 Å². The maximum absolute atomic E-state index is 11.9. The van der Waals surface area contributed by atoms with Crippen LogP contribution in [0.25, 0.3) is 0 Å². The zero-order chi connectivity index (χ0) is 13.9. The van der Waals surface area contributed by atoms with Gasteiger partial charge in [-0.25, -0.2) is 0 Å². The molecule has 0 aliphatic heterocycles. The van der Waals surface area contributed by atoms with Gasteiger partial charge in [-0.1, -0.05) is 30.4 Å². The van der Waals surface area contributed by atoms with Crippen LogP contribution >= 0.6 is 0 Å². The summed E-state index contributed by atoms with van der Waals surface area (Å²) in [5, 5.41) is 22.8. The summed E-state index contributed by atoms with van der Waals surface area (Å²) in [6.07, 6.45) is 4.62. The molecule has 0 spiro atoms. The second-order valence-electron chi connectivity index (χ2n) is 4.14. The Morgan fingerprint density at radius 1 is 1.26 bits per heavy atom. The van der Waals surface area contributed by atoms with Crippen LogP contribution in [0.1, 0.15) is 0 Å². The zero-order valence-corrected chi connectivity index (χ0v) is 9.89. The second-order valence-corrected chi connectivity index (χ2v) is 4.14. The molecule has 1 aromatic carbocycles. The maximum atomic E-state index is 11.9. The number of rotatable bonds is 3. The van der Waals surface area contributed by atoms with E-state index in [2.05, 4.69) is 5.32 Å². The average molecular weight is 260 g/mol. The summed E-state index contributed by atoms with van der Waals surface area (Å²) < 4.78 is 0. The van der Waals surface area contributed by atoms with Crippen LogP contribution in [-0.2, 0) is 4.79 Å². The Labute approximate surface area is 109 Å². The summed E-state index contributed by atoms with van der Waals surface area (Å²) in [5.41, 5.74) is -1.58. The first-order chi connectivity index (χ1) is 9.01. The van der Waals surface area contributed by atoms with Crippen LogP contribution in [0.5, 0.6) is 0 Å². The predicted octanol–water partition coefficient (Wildman–Crippen LogP) is 1.33. The number of hydrogen-bond donors (Lipinski definition) is 2. The molecule has 2 rings (SSSR count). The minimum Gasteiger partial charge on any atom is -0.325 e. The van der Waals surface area contributed by atoms with E-state index in [9.17, 15) is 20.0 Å². The van der Waals surface area contributed by atoms with Crippen LogP contribution in [0.2, 0.25) is 0 Å². The molecule has 0 aromatic heterocycles. The number of benzene rings is 1. The normalized spacial score (nSPS) is 25.0. The zero-order valence-electron chi connectivity index (χ0n) is 9.89. The van der Waals surface area contributed by atoms with Gasteiger partial charge in [0, 0.05) is 17.8 Å². The molecule has 19 heavy (non-hydrogen) atoms. The van der Waals surface area contributed by atoms with Crippen LogP contribution in [0.3, 0.4) is 0 Å². The van der Waals surface area contributed by atoms with Gasteiger partial charge in [0.25, 0.3) is 0 Å². The number of carbonyl (C=O) groups is 1. The van der Waals surface area contributed by atoms with Gasteiger partial charge in [-0.15, -0.1) is 0 Å². The lowest BCUT2D eigenvalue weighted by molar-refractivity contribution is -0.591. The summed E-state index contributed by atoms with van der Waals surface area (Å²) >= 11 is 0. The monoisotopic (exact) mass is 260 g/mol. The topological polar surface area (TPSA) is 92.5 Å². The lowest BCUT2D eigenvalue weighted by Gasteiger charge is -2.17. The summed E-state index contributed by atoms with van der Waals surface area (Å²) in [7, 11) is 0. The van der Waals surface area contributed by atoms with Crippen molar-refractivity contribution < 1.29 is 14.8 Å². The van der Waals surface area contributed by atoms with Crippen LogP contribution in [-0.4, -0.2) is 21.7 Å². The van der Waals surface area contributed by atoms with Gasteiger partial charge < -0.3 is 10.4 Å². The molecule has 1 aliphatic rings. The van der Waals surface area contributed by atoms with Crippen molar-refractivity contribution in [3.05, 3.63) is 64.8 Å². The molecule has 0 atom stereocenters. The fourth-order valence-electron chi connectivity index (χ4n) is 1.65. The fraction of sp³-hybridized carbons (Fsp3) is 0.154. The largest absolute Gasteiger partial charge is 0.361 e. The first-order valence-electron chi connectivity index (χ1n) is 5.63. The molecule has 0 fully saturated rings. The quantitative estimate of drug-likeness (QED) is 0.371. The standard InChI is InChI=1S/C13H12N2O4/c16-12(14-11-4-2-1-3-5-11)10-6-8-13(17,9-7-10)15(18)19/h1-10,17H,(H,14,16). The SMILES string of the molecule is O=C(Nc1ccccc1)C1C=CC(O)([N+](=O)[O-])C=C1. The molecule has 0 heterocycles. The van der Waals surface area contributed by atoms with Crippen LogP contribution in [0, 0.1) is 16.0 Å². The second kappa shape index (κ2) is 5.03. The highest BCUT2D eigenvalue weighted by Gasteiger charge is 2.37. The third-order valence-corrected chi connectivity index (χ3v) is 2.73. The lowest BCUT2D eigenvalue weighted by atomic mass is 9.98. The van der Waals surface area contributed by atoms with Crippen molar-refractivity contribution in [2.75, 3.05) is 5.32 Å². The Morgan fingerprint density at radius 2 is 1.84 bits per heavy atom. The van der Waals surface area contributed by atoms with Gasteiger partial charge >= 0.3 is 5.72 Å². The Hall–Kier alpha value is -2.47. The molecule has 0 bridgehead atoms. The van der Waals surface area contributed by atoms with Gasteiger partial charge in [0.2, 0.25) is 5.91 Å². The van der Waals surface area contributed by atoms with Crippen LogP contribution in [0.4, 0.5) is 5.69 Å². The van der Waals surface area contributed by atoms with E-state index >= 15 is 0 Å². The smallest absolute Gasteiger partial charge is 0.325 e. The Balaban J connectivity index is 2.04. The van der Waals surface area contributed by atoms with Crippen molar-refractivity contribution >= 4 is 11.6 Å². The molecule has 2 N–H and O–H groups in total. The third-order valence-electron chi connectivity index (χ3n) is 2.73. The molecule has 0 unspecified atom stereocenters. The maximum Gasteiger partial charge on any atom is 0.361 e. The molecule has 0 saturated heterocycles. The van der Waals surface area contributed by atoms with E-state index in [-0.39, 0.29) is 5.91 Å². The predicted molar refractivity (Wildman–Crippen MR) is 68.8 cm³/mol. The van der Waals surface area contributed by atoms with E-state index in [1.54, 1.807) is 24.3 Å². The van der Waals surface area contributed by atoms with Crippen LogP contribution in [0.15, 0.2) is 54.6 Å². The first kappa shape index (κ1) is 13.0. The number of nitrogens with one attached hydrogen (secondary N) is 1. The van der Waals surface area contributed by atoms with Gasteiger partial charge in [-0.05, 0) is 12.1 Å². The van der Waals surface area contributed by atoms with Gasteiger partial charge in [0.05, 0.1) is 10.8 Å². The number of carbonyl (C=O) groups excluding carboxylic acids is 1. The molecular weight excluding hydrogens is 248 g/mol. The molecule has 0 saturated carbocycles. The molecule has 6 nitrogen and oxygen atoms in total. The minimum atomic E-state index is -2.22. The first-order valence-corrected chi connectivity index (χ1v) is 5.63. The average Bonchev–Trinajstić information content (AvgIpc) is 2.40. The van der Waals surface area contributed by atoms with Gasteiger partial charge in [-0.2, -0.15) is 0 Å². The fourth-order valence-corrected chi connectivity index (χ4v) is 1.65. The van der Waals surface area contributed by atoms with E-state index < -0.39 is 16.6 Å². The van der Waals surface area contributed by atoms with Crippen molar-refractivity contribution in [3.63, 3.8) is 0 Å². The number of anilines is 1. The van der Waals surface area contributed by atoms with Gasteiger partial charge in [0.15, 0.2) is 0 Å².